The van der Waals surface area contributed by atoms with E-state index < -0.39 is 11.8 Å². The quantitative estimate of drug-likeness (QED) is 0.677. The van der Waals surface area contributed by atoms with Crippen LogP contribution in [0.3, 0.4) is 0 Å². The molecule has 3 aromatic rings. The van der Waals surface area contributed by atoms with Gasteiger partial charge in [0.2, 0.25) is 0 Å². The Kier molecular flexibility index (Phi) is 4.89. The second-order valence-electron chi connectivity index (χ2n) is 6.17. The minimum atomic E-state index is -0.611. The van der Waals surface area contributed by atoms with Gasteiger partial charge in [0.05, 0.1) is 5.39 Å². The molecule has 1 heterocycles. The Morgan fingerprint density at radius 2 is 1.52 bits per heavy atom. The van der Waals surface area contributed by atoms with Crippen molar-refractivity contribution in [3.63, 3.8) is 0 Å². The van der Waals surface area contributed by atoms with Gasteiger partial charge in [0.1, 0.15) is 0 Å². The van der Waals surface area contributed by atoms with Crippen LogP contribution in [0.5, 0.6) is 0 Å². The van der Waals surface area contributed by atoms with E-state index in [0.29, 0.717) is 16.3 Å². The van der Waals surface area contributed by atoms with Crippen LogP contribution in [-0.2, 0) is 7.05 Å². The first-order valence-corrected chi connectivity index (χ1v) is 8.22. The lowest BCUT2D eigenvalue weighted by molar-refractivity contribution is 0.0844. The van der Waals surface area contributed by atoms with Gasteiger partial charge in [-0.15, -0.1) is 0 Å². The number of anilines is 1. The van der Waals surface area contributed by atoms with Gasteiger partial charge < -0.3 is 4.90 Å². The topological polar surface area (TPSA) is 96.3 Å². The van der Waals surface area contributed by atoms with Crippen molar-refractivity contribution in [1.82, 2.24) is 20.6 Å². The van der Waals surface area contributed by atoms with Gasteiger partial charge in [-0.05, 0) is 30.3 Å². The smallest absolute Gasteiger partial charge is 0.290 e. The number of rotatable bonds is 3. The Hall–Kier alpha value is -3.68. The summed E-state index contributed by atoms with van der Waals surface area (Å²) >= 11 is 0. The number of aromatic nitrogens is 2. The fourth-order valence-corrected chi connectivity index (χ4v) is 2.62. The standard InChI is InChI=1S/C19H19N5O3/c1-23(2)13-10-8-12(9-11-13)17(25)20-21-18(26)16-14-6-4-5-7-15(14)19(27)24(3)22-16/h4-11H,1-3H3,(H,20,25)(H,21,26). The largest absolute Gasteiger partial charge is 0.378 e. The first-order valence-electron chi connectivity index (χ1n) is 8.22. The molecule has 0 atom stereocenters. The lowest BCUT2D eigenvalue weighted by Gasteiger charge is -2.13. The Labute approximate surface area is 155 Å². The maximum absolute atomic E-state index is 12.5. The highest BCUT2D eigenvalue weighted by molar-refractivity contribution is 6.06. The lowest BCUT2D eigenvalue weighted by atomic mass is 10.1. The molecule has 0 aliphatic carbocycles. The van der Waals surface area contributed by atoms with Gasteiger partial charge in [-0.3, -0.25) is 25.2 Å². The Morgan fingerprint density at radius 1 is 0.926 bits per heavy atom. The molecule has 0 fully saturated rings. The number of benzene rings is 2. The summed E-state index contributed by atoms with van der Waals surface area (Å²) in [6.45, 7) is 0. The number of carbonyl (C=O) groups is 2. The molecular weight excluding hydrogens is 346 g/mol. The highest BCUT2D eigenvalue weighted by atomic mass is 16.2. The molecule has 0 aliphatic heterocycles. The first kappa shape index (κ1) is 18.1. The van der Waals surface area contributed by atoms with E-state index in [1.807, 2.05) is 19.0 Å². The maximum atomic E-state index is 12.5. The molecule has 1 aromatic heterocycles. The molecule has 27 heavy (non-hydrogen) atoms. The normalized spacial score (nSPS) is 10.5. The summed E-state index contributed by atoms with van der Waals surface area (Å²) in [6, 6.07) is 13.6. The number of aryl methyl sites for hydroxylation is 1. The van der Waals surface area contributed by atoms with Gasteiger partial charge in [-0.1, -0.05) is 18.2 Å². The predicted molar refractivity (Wildman–Crippen MR) is 103 cm³/mol. The molecule has 138 valence electrons. The number of carbonyl (C=O) groups excluding carboxylic acids is 2. The predicted octanol–water partition coefficient (Wildman–Crippen LogP) is 1.07. The number of hydrogen-bond donors (Lipinski definition) is 2. The van der Waals surface area contributed by atoms with Crippen molar-refractivity contribution in [3.05, 3.63) is 70.1 Å². The zero-order valence-electron chi connectivity index (χ0n) is 15.2. The first-order chi connectivity index (χ1) is 12.9. The maximum Gasteiger partial charge on any atom is 0.290 e. The molecule has 0 unspecified atom stereocenters. The minimum Gasteiger partial charge on any atom is -0.378 e. The van der Waals surface area contributed by atoms with Crippen LogP contribution in [0.2, 0.25) is 0 Å². The van der Waals surface area contributed by atoms with E-state index in [1.54, 1.807) is 48.5 Å². The second-order valence-corrected chi connectivity index (χ2v) is 6.17. The van der Waals surface area contributed by atoms with Gasteiger partial charge in [-0.2, -0.15) is 5.10 Å². The molecule has 0 spiro atoms. The number of nitrogens with one attached hydrogen (secondary N) is 2. The van der Waals surface area contributed by atoms with Crippen molar-refractivity contribution in [1.29, 1.82) is 0 Å². The molecular formula is C19H19N5O3. The zero-order chi connectivity index (χ0) is 19.6. The summed E-state index contributed by atoms with van der Waals surface area (Å²) in [5.41, 5.74) is 5.82. The second kappa shape index (κ2) is 7.28. The zero-order valence-corrected chi connectivity index (χ0v) is 15.2. The SMILES string of the molecule is CN(C)c1ccc(C(=O)NNC(=O)c2nn(C)c(=O)c3ccccc23)cc1. The molecule has 8 heteroatoms. The minimum absolute atomic E-state index is 0.0518. The summed E-state index contributed by atoms with van der Waals surface area (Å²) in [5, 5.41) is 4.82. The van der Waals surface area contributed by atoms with Gasteiger partial charge in [-0.25, -0.2) is 4.68 Å². The van der Waals surface area contributed by atoms with E-state index in [0.717, 1.165) is 10.4 Å². The third-order valence-electron chi connectivity index (χ3n) is 4.11. The van der Waals surface area contributed by atoms with Gasteiger partial charge in [0, 0.05) is 37.8 Å². The molecule has 0 radical (unpaired) electrons. The molecule has 3 rings (SSSR count). The van der Waals surface area contributed by atoms with Crippen molar-refractivity contribution in [2.45, 2.75) is 0 Å². The number of fused-ring (bicyclic) bond motifs is 1. The highest BCUT2D eigenvalue weighted by Crippen LogP contribution is 2.13. The number of nitrogens with zero attached hydrogens (tertiary/aromatic N) is 3. The van der Waals surface area contributed by atoms with Crippen LogP contribution in [0.4, 0.5) is 5.69 Å². The third-order valence-corrected chi connectivity index (χ3v) is 4.11. The van der Waals surface area contributed by atoms with Crippen LogP contribution >= 0.6 is 0 Å². The Bertz CT molecular complexity index is 1070. The van der Waals surface area contributed by atoms with E-state index in [2.05, 4.69) is 16.0 Å². The van der Waals surface area contributed by atoms with Gasteiger partial charge in [0.15, 0.2) is 5.69 Å². The van der Waals surface area contributed by atoms with Crippen LogP contribution in [0.1, 0.15) is 20.8 Å². The molecule has 2 aromatic carbocycles. The molecule has 2 amide bonds. The monoisotopic (exact) mass is 365 g/mol. The van der Waals surface area contributed by atoms with Crippen molar-refractivity contribution < 1.29 is 9.59 Å². The summed E-state index contributed by atoms with van der Waals surface area (Å²) in [7, 11) is 5.27. The molecule has 0 saturated heterocycles. The van der Waals surface area contributed by atoms with Crippen molar-refractivity contribution >= 4 is 28.3 Å². The molecule has 0 aliphatic rings. The van der Waals surface area contributed by atoms with Crippen LogP contribution in [-0.4, -0.2) is 35.7 Å². The average molecular weight is 365 g/mol. The van der Waals surface area contributed by atoms with E-state index >= 15 is 0 Å². The number of amides is 2. The Morgan fingerprint density at radius 3 is 2.15 bits per heavy atom. The van der Waals surface area contributed by atoms with Crippen molar-refractivity contribution in [3.8, 4) is 0 Å². The molecule has 0 bridgehead atoms. The summed E-state index contributed by atoms with van der Waals surface area (Å²) in [6.07, 6.45) is 0. The lowest BCUT2D eigenvalue weighted by Crippen LogP contribution is -2.42. The van der Waals surface area contributed by atoms with Gasteiger partial charge >= 0.3 is 0 Å². The van der Waals surface area contributed by atoms with E-state index in [4.69, 9.17) is 0 Å². The highest BCUT2D eigenvalue weighted by Gasteiger charge is 2.16. The van der Waals surface area contributed by atoms with Crippen LogP contribution in [0, 0.1) is 0 Å². The third kappa shape index (κ3) is 3.64. The van der Waals surface area contributed by atoms with Crippen LogP contribution in [0.15, 0.2) is 53.3 Å². The van der Waals surface area contributed by atoms with E-state index in [1.165, 1.54) is 7.05 Å². The van der Waals surface area contributed by atoms with Crippen LogP contribution in [0.25, 0.3) is 10.8 Å². The fraction of sp³-hybridized carbons (Fsp3) is 0.158. The summed E-state index contributed by atoms with van der Waals surface area (Å²) < 4.78 is 1.10. The molecule has 2 N–H and O–H groups in total. The average Bonchev–Trinajstić information content (AvgIpc) is 2.68. The summed E-state index contributed by atoms with van der Waals surface area (Å²) in [5.74, 6) is -1.07. The fourth-order valence-electron chi connectivity index (χ4n) is 2.62. The van der Waals surface area contributed by atoms with E-state index in [9.17, 15) is 14.4 Å². The molecule has 8 nitrogen and oxygen atoms in total. The van der Waals surface area contributed by atoms with Gasteiger partial charge in [0.25, 0.3) is 17.4 Å². The Balaban J connectivity index is 1.78. The van der Waals surface area contributed by atoms with Crippen molar-refractivity contribution in [2.75, 3.05) is 19.0 Å². The summed E-state index contributed by atoms with van der Waals surface area (Å²) in [4.78, 5) is 38.8. The van der Waals surface area contributed by atoms with Crippen LogP contribution < -0.4 is 21.3 Å². The number of hydrogen-bond acceptors (Lipinski definition) is 5. The molecule has 0 saturated carbocycles. The van der Waals surface area contributed by atoms with Crippen molar-refractivity contribution in [2.24, 2.45) is 7.05 Å². The van der Waals surface area contributed by atoms with E-state index in [-0.39, 0.29) is 11.3 Å². The number of hydrazine groups is 1.